The van der Waals surface area contributed by atoms with Gasteiger partial charge in [-0.3, -0.25) is 19.9 Å². The molecule has 0 aliphatic carbocycles. The first-order valence-electron chi connectivity index (χ1n) is 9.16. The van der Waals surface area contributed by atoms with Crippen molar-refractivity contribution in [3.8, 4) is 11.1 Å². The van der Waals surface area contributed by atoms with Crippen LogP contribution in [-0.2, 0) is 18.4 Å². The van der Waals surface area contributed by atoms with Crippen molar-refractivity contribution in [3.63, 3.8) is 0 Å². The van der Waals surface area contributed by atoms with Crippen LogP contribution in [0.3, 0.4) is 0 Å². The highest BCUT2D eigenvalue weighted by molar-refractivity contribution is 5.97. The van der Waals surface area contributed by atoms with E-state index in [1.54, 1.807) is 18.7 Å². The van der Waals surface area contributed by atoms with E-state index in [4.69, 9.17) is 9.90 Å². The summed E-state index contributed by atoms with van der Waals surface area (Å²) in [6.45, 7) is 0.283. The van der Waals surface area contributed by atoms with Crippen LogP contribution in [0, 0.1) is 0 Å². The summed E-state index contributed by atoms with van der Waals surface area (Å²) in [6.07, 6.45) is 7.09. The van der Waals surface area contributed by atoms with E-state index in [1.165, 1.54) is 10.9 Å². The van der Waals surface area contributed by atoms with E-state index in [-0.39, 0.29) is 6.47 Å². The molecule has 5 rings (SSSR count). The average Bonchev–Trinajstić information content (AvgIpc) is 3.42. The molecule has 0 bridgehead atoms. The summed E-state index contributed by atoms with van der Waals surface area (Å²) in [7, 11) is 2.05. The van der Waals surface area contributed by atoms with E-state index < -0.39 is 0 Å². The minimum atomic E-state index is -0.250. The van der Waals surface area contributed by atoms with Crippen molar-refractivity contribution in [3.05, 3.63) is 67.1 Å². The number of carboxylic acid groups (broad SMARTS) is 1. The smallest absolute Gasteiger partial charge is 0.290 e. The van der Waals surface area contributed by atoms with Gasteiger partial charge in [-0.05, 0) is 35.2 Å². The van der Waals surface area contributed by atoms with Crippen LogP contribution in [0.4, 0.5) is 5.69 Å². The van der Waals surface area contributed by atoms with Crippen molar-refractivity contribution in [1.29, 1.82) is 0 Å². The maximum atomic E-state index is 8.36. The van der Waals surface area contributed by atoms with E-state index in [9.17, 15) is 0 Å². The molecule has 0 radical (unpaired) electrons. The summed E-state index contributed by atoms with van der Waals surface area (Å²) >= 11 is 0. The van der Waals surface area contributed by atoms with Crippen molar-refractivity contribution >= 4 is 34.1 Å². The van der Waals surface area contributed by atoms with E-state index in [2.05, 4.69) is 78.6 Å². The molecule has 3 N–H and O–H groups in total. The minimum absolute atomic E-state index is 0.250. The van der Waals surface area contributed by atoms with Crippen molar-refractivity contribution in [2.75, 3.05) is 5.32 Å². The SMILES string of the molecule is Cn1ccc2ccc(-c3cc(NCc4nc[nH]n4)cc4nccnc34)cc21.O=CO. The van der Waals surface area contributed by atoms with E-state index >= 15 is 0 Å². The van der Waals surface area contributed by atoms with Gasteiger partial charge in [0, 0.05) is 42.4 Å². The first kappa shape index (κ1) is 19.1. The molecule has 150 valence electrons. The molecule has 0 saturated heterocycles. The van der Waals surface area contributed by atoms with Gasteiger partial charge < -0.3 is 15.0 Å². The van der Waals surface area contributed by atoms with Gasteiger partial charge in [-0.25, -0.2) is 4.98 Å². The zero-order valence-corrected chi connectivity index (χ0v) is 16.1. The third kappa shape index (κ3) is 3.81. The lowest BCUT2D eigenvalue weighted by Gasteiger charge is -2.11. The van der Waals surface area contributed by atoms with Gasteiger partial charge in [-0.15, -0.1) is 0 Å². The molecule has 3 aromatic heterocycles. The summed E-state index contributed by atoms with van der Waals surface area (Å²) in [6, 6.07) is 12.7. The van der Waals surface area contributed by atoms with Crippen LogP contribution in [0.2, 0.25) is 0 Å². The van der Waals surface area contributed by atoms with Crippen molar-refractivity contribution < 1.29 is 9.90 Å². The highest BCUT2D eigenvalue weighted by Crippen LogP contribution is 2.32. The zero-order valence-electron chi connectivity index (χ0n) is 16.1. The molecule has 0 fully saturated rings. The number of aryl methyl sites for hydroxylation is 1. The van der Waals surface area contributed by atoms with Crippen molar-refractivity contribution in [2.24, 2.45) is 7.05 Å². The fourth-order valence-corrected chi connectivity index (χ4v) is 3.33. The Morgan fingerprint density at radius 3 is 2.77 bits per heavy atom. The molecule has 0 aliphatic rings. The standard InChI is InChI=1S/C20H17N7.CH2O2/c1-27-7-4-13-2-3-14(8-18(13)27)16-9-15(23-11-19-24-12-25-26-19)10-17-20(16)22-6-5-21-17;2-1-3/h2-10,12,23H,11H2,1H3,(H,24,25,26);1H,(H,2,3). The Morgan fingerprint density at radius 1 is 1.13 bits per heavy atom. The second-order valence-corrected chi connectivity index (χ2v) is 6.52. The van der Waals surface area contributed by atoms with Gasteiger partial charge in [-0.1, -0.05) is 12.1 Å². The molecule has 0 spiro atoms. The molecule has 9 heteroatoms. The number of aromatic nitrogens is 6. The van der Waals surface area contributed by atoms with E-state index in [0.29, 0.717) is 12.4 Å². The van der Waals surface area contributed by atoms with Gasteiger partial charge in [0.25, 0.3) is 6.47 Å². The van der Waals surface area contributed by atoms with Gasteiger partial charge in [0.05, 0.1) is 17.6 Å². The van der Waals surface area contributed by atoms with Crippen LogP contribution in [-0.4, -0.2) is 41.3 Å². The molecule has 0 saturated carbocycles. The Balaban J connectivity index is 0.000000687. The zero-order chi connectivity index (χ0) is 20.9. The number of anilines is 1. The molecule has 0 amide bonds. The molecule has 0 unspecified atom stereocenters. The van der Waals surface area contributed by atoms with Crippen LogP contribution in [0.1, 0.15) is 5.82 Å². The Kier molecular flexibility index (Phi) is 5.33. The molecule has 0 aliphatic heterocycles. The highest BCUT2D eigenvalue weighted by Gasteiger charge is 2.11. The fraction of sp³-hybridized carbons (Fsp3) is 0.0952. The Bertz CT molecular complexity index is 1300. The number of hydrogen-bond acceptors (Lipinski definition) is 6. The third-order valence-electron chi connectivity index (χ3n) is 4.69. The topological polar surface area (TPSA) is 122 Å². The number of carbonyl (C=O) groups is 1. The first-order chi connectivity index (χ1) is 14.7. The number of hydrogen-bond donors (Lipinski definition) is 3. The van der Waals surface area contributed by atoms with Gasteiger partial charge >= 0.3 is 0 Å². The summed E-state index contributed by atoms with van der Waals surface area (Å²) < 4.78 is 2.12. The minimum Gasteiger partial charge on any atom is -0.483 e. The second-order valence-electron chi connectivity index (χ2n) is 6.52. The normalized spacial score (nSPS) is 10.6. The molecule has 30 heavy (non-hydrogen) atoms. The molecule has 5 aromatic rings. The Labute approximate surface area is 171 Å². The van der Waals surface area contributed by atoms with Crippen LogP contribution in [0.15, 0.2) is 61.3 Å². The second kappa shape index (κ2) is 8.39. The molecular weight excluding hydrogens is 382 g/mol. The van der Waals surface area contributed by atoms with Crippen LogP contribution >= 0.6 is 0 Å². The van der Waals surface area contributed by atoms with Gasteiger partial charge in [0.1, 0.15) is 6.33 Å². The number of H-pyrrole nitrogens is 1. The summed E-state index contributed by atoms with van der Waals surface area (Å²) in [5.74, 6) is 0.709. The predicted octanol–water partition coefficient (Wildman–Crippen LogP) is 3.22. The Morgan fingerprint density at radius 2 is 1.97 bits per heavy atom. The maximum Gasteiger partial charge on any atom is 0.290 e. The van der Waals surface area contributed by atoms with Crippen molar-refractivity contribution in [2.45, 2.75) is 6.54 Å². The van der Waals surface area contributed by atoms with Crippen LogP contribution in [0.25, 0.3) is 33.1 Å². The third-order valence-corrected chi connectivity index (χ3v) is 4.69. The highest BCUT2D eigenvalue weighted by atomic mass is 16.3. The predicted molar refractivity (Wildman–Crippen MR) is 114 cm³/mol. The number of rotatable bonds is 4. The fourth-order valence-electron chi connectivity index (χ4n) is 3.33. The molecular formula is C21H19N7O2. The molecule has 3 heterocycles. The van der Waals surface area contributed by atoms with Crippen LogP contribution in [0.5, 0.6) is 0 Å². The lowest BCUT2D eigenvalue weighted by molar-refractivity contribution is -0.122. The van der Waals surface area contributed by atoms with Gasteiger partial charge in [0.2, 0.25) is 0 Å². The number of nitrogens with zero attached hydrogens (tertiary/aromatic N) is 5. The Hall–Kier alpha value is -4.27. The number of nitrogens with one attached hydrogen (secondary N) is 2. The van der Waals surface area contributed by atoms with Crippen molar-refractivity contribution in [1.82, 2.24) is 29.7 Å². The monoisotopic (exact) mass is 401 g/mol. The lowest BCUT2D eigenvalue weighted by atomic mass is 10.0. The average molecular weight is 401 g/mol. The maximum absolute atomic E-state index is 8.36. The van der Waals surface area contributed by atoms with Crippen LogP contribution < -0.4 is 5.32 Å². The summed E-state index contributed by atoms with van der Waals surface area (Å²) in [4.78, 5) is 21.6. The number of aromatic amines is 1. The molecule has 2 aromatic carbocycles. The summed E-state index contributed by atoms with van der Waals surface area (Å²) in [5.41, 5.74) is 6.02. The quantitative estimate of drug-likeness (QED) is 0.395. The van der Waals surface area contributed by atoms with E-state index in [1.807, 2.05) is 6.07 Å². The first-order valence-corrected chi connectivity index (χ1v) is 9.16. The lowest BCUT2D eigenvalue weighted by Crippen LogP contribution is -2.02. The molecule has 9 nitrogen and oxygen atoms in total. The largest absolute Gasteiger partial charge is 0.483 e. The van der Waals surface area contributed by atoms with E-state index in [0.717, 1.165) is 27.8 Å². The van der Waals surface area contributed by atoms with Gasteiger partial charge in [-0.2, -0.15) is 5.10 Å². The molecule has 0 atom stereocenters. The van der Waals surface area contributed by atoms with Gasteiger partial charge in [0.15, 0.2) is 5.82 Å². The number of benzene rings is 2. The number of fused-ring (bicyclic) bond motifs is 2. The summed E-state index contributed by atoms with van der Waals surface area (Å²) in [5, 5.41) is 18.3.